The zero-order chi connectivity index (χ0) is 11.8. The summed E-state index contributed by atoms with van der Waals surface area (Å²) in [6.07, 6.45) is 4.00. The van der Waals surface area contributed by atoms with Crippen LogP contribution in [0.4, 0.5) is 0 Å². The molecule has 16 heavy (non-hydrogen) atoms. The fourth-order valence-electron chi connectivity index (χ4n) is 2.07. The number of piperidine rings is 1. The molecule has 0 aromatic rings. The third kappa shape index (κ3) is 5.47. The number of nitrogens with one attached hydrogen (secondary N) is 1. The summed E-state index contributed by atoms with van der Waals surface area (Å²) in [4.78, 5) is 11.6. The van der Waals surface area contributed by atoms with Crippen LogP contribution in [-0.4, -0.2) is 38.8 Å². The molecule has 0 bridgehead atoms. The Balaban J connectivity index is 2.09. The Labute approximate surface area is 98.1 Å². The predicted molar refractivity (Wildman–Crippen MR) is 63.3 cm³/mol. The van der Waals surface area contributed by atoms with Crippen LogP contribution in [0.2, 0.25) is 0 Å². The van der Waals surface area contributed by atoms with Crippen molar-refractivity contribution in [2.24, 2.45) is 5.92 Å². The van der Waals surface area contributed by atoms with Gasteiger partial charge in [0.05, 0.1) is 6.61 Å². The van der Waals surface area contributed by atoms with Crippen LogP contribution < -0.4 is 10.6 Å². The van der Waals surface area contributed by atoms with Gasteiger partial charge in [0.2, 0.25) is 5.91 Å². The Morgan fingerprint density at radius 2 is 2.44 bits per heavy atom. The van der Waals surface area contributed by atoms with E-state index in [9.17, 15) is 4.79 Å². The zero-order valence-electron chi connectivity index (χ0n) is 10.4. The topological polar surface area (TPSA) is 52.4 Å². The molecule has 1 amide bonds. The van der Waals surface area contributed by atoms with Gasteiger partial charge in [-0.3, -0.25) is 4.79 Å². The van der Waals surface area contributed by atoms with E-state index in [1.165, 1.54) is 12.8 Å². The van der Waals surface area contributed by atoms with Crippen molar-refractivity contribution in [3.05, 3.63) is 0 Å². The second-order valence-corrected chi connectivity index (χ2v) is 4.60. The highest BCUT2D eigenvalue weighted by Crippen LogP contribution is 2.16. The number of methoxy groups -OCH3 is 1. The van der Waals surface area contributed by atoms with E-state index < -0.39 is 0 Å². The number of carbonyl (C=O) groups is 1. The number of rotatable bonds is 6. The molecule has 1 heterocycles. The molecule has 1 aliphatic rings. The highest BCUT2D eigenvalue weighted by Gasteiger charge is 2.15. The molecule has 1 radical (unpaired) electrons. The van der Waals surface area contributed by atoms with Gasteiger partial charge in [0.1, 0.15) is 0 Å². The van der Waals surface area contributed by atoms with Crippen molar-refractivity contribution in [1.82, 2.24) is 10.6 Å². The number of amides is 1. The maximum atomic E-state index is 11.6. The highest BCUT2D eigenvalue weighted by atomic mass is 16.5. The normalized spacial score (nSPS) is 22.8. The lowest BCUT2D eigenvalue weighted by Gasteiger charge is -2.21. The summed E-state index contributed by atoms with van der Waals surface area (Å²) in [7, 11) is 1.65. The maximum absolute atomic E-state index is 11.6. The molecule has 0 aromatic heterocycles. The van der Waals surface area contributed by atoms with Gasteiger partial charge in [-0.15, -0.1) is 0 Å². The summed E-state index contributed by atoms with van der Waals surface area (Å²) in [5.41, 5.74) is 0. The van der Waals surface area contributed by atoms with Crippen LogP contribution in [-0.2, 0) is 9.53 Å². The average Bonchev–Trinajstić information content (AvgIpc) is 2.28. The largest absolute Gasteiger partial charge is 0.383 e. The minimum absolute atomic E-state index is 0.105. The monoisotopic (exact) mass is 227 g/mol. The number of hydrogen-bond acceptors (Lipinski definition) is 2. The Morgan fingerprint density at radius 1 is 1.62 bits per heavy atom. The molecular formula is C12H23N2O2. The molecule has 1 N–H and O–H groups in total. The molecule has 0 aromatic carbocycles. The quantitative estimate of drug-likeness (QED) is 0.734. The van der Waals surface area contributed by atoms with Crippen molar-refractivity contribution in [2.45, 2.75) is 38.6 Å². The highest BCUT2D eigenvalue weighted by molar-refractivity contribution is 5.76. The minimum Gasteiger partial charge on any atom is -0.383 e. The van der Waals surface area contributed by atoms with Crippen LogP contribution in [0.25, 0.3) is 0 Å². The molecule has 0 aliphatic carbocycles. The number of ether oxygens (including phenoxy) is 1. The zero-order valence-corrected chi connectivity index (χ0v) is 10.4. The van der Waals surface area contributed by atoms with Crippen LogP contribution in [0, 0.1) is 5.92 Å². The first-order valence-corrected chi connectivity index (χ1v) is 6.14. The molecule has 1 aliphatic heterocycles. The molecule has 1 fully saturated rings. The molecule has 0 saturated carbocycles. The first-order chi connectivity index (χ1) is 7.72. The molecule has 93 valence electrons. The molecule has 4 nitrogen and oxygen atoms in total. The molecule has 0 spiro atoms. The molecule has 2 unspecified atom stereocenters. The van der Waals surface area contributed by atoms with Crippen molar-refractivity contribution in [3.63, 3.8) is 0 Å². The van der Waals surface area contributed by atoms with Gasteiger partial charge in [0, 0.05) is 32.7 Å². The minimum atomic E-state index is 0.105. The van der Waals surface area contributed by atoms with Crippen LogP contribution in [0.5, 0.6) is 0 Å². The van der Waals surface area contributed by atoms with Crippen molar-refractivity contribution < 1.29 is 9.53 Å². The van der Waals surface area contributed by atoms with Crippen molar-refractivity contribution in [1.29, 1.82) is 0 Å². The van der Waals surface area contributed by atoms with Crippen LogP contribution in [0.3, 0.4) is 0 Å². The van der Waals surface area contributed by atoms with Crippen LogP contribution in [0.1, 0.15) is 32.6 Å². The first kappa shape index (κ1) is 13.5. The van der Waals surface area contributed by atoms with E-state index in [2.05, 4.69) is 10.6 Å². The second-order valence-electron chi connectivity index (χ2n) is 4.60. The third-order valence-electron chi connectivity index (χ3n) is 2.92. The lowest BCUT2D eigenvalue weighted by molar-refractivity contribution is -0.122. The van der Waals surface area contributed by atoms with Gasteiger partial charge in [-0.2, -0.15) is 0 Å². The number of hydrogen-bond donors (Lipinski definition) is 1. The Kier molecular flexibility index (Phi) is 6.42. The fraction of sp³-hybridized carbons (Fsp3) is 0.917. The van der Waals surface area contributed by atoms with E-state index in [-0.39, 0.29) is 11.9 Å². The maximum Gasteiger partial charge on any atom is 0.220 e. The predicted octanol–water partition coefficient (Wildman–Crippen LogP) is 0.932. The summed E-state index contributed by atoms with van der Waals surface area (Å²) in [6, 6.07) is 0.105. The van der Waals surface area contributed by atoms with Crippen molar-refractivity contribution in [2.75, 3.05) is 26.8 Å². The number of nitrogens with zero attached hydrogens (tertiary/aromatic N) is 1. The van der Waals surface area contributed by atoms with E-state index in [1.54, 1.807) is 7.11 Å². The van der Waals surface area contributed by atoms with E-state index in [0.717, 1.165) is 19.5 Å². The summed E-state index contributed by atoms with van der Waals surface area (Å²) < 4.78 is 4.97. The lowest BCUT2D eigenvalue weighted by Crippen LogP contribution is -2.36. The molecule has 2 atom stereocenters. The van der Waals surface area contributed by atoms with Gasteiger partial charge in [-0.25, -0.2) is 5.32 Å². The van der Waals surface area contributed by atoms with E-state index in [4.69, 9.17) is 4.74 Å². The van der Waals surface area contributed by atoms with Crippen LogP contribution >= 0.6 is 0 Å². The second kappa shape index (κ2) is 7.63. The molecular weight excluding hydrogens is 204 g/mol. The van der Waals surface area contributed by atoms with Crippen molar-refractivity contribution in [3.8, 4) is 0 Å². The average molecular weight is 227 g/mol. The Morgan fingerprint density at radius 3 is 3.06 bits per heavy atom. The fourth-order valence-corrected chi connectivity index (χ4v) is 2.07. The van der Waals surface area contributed by atoms with Crippen molar-refractivity contribution >= 4 is 5.91 Å². The first-order valence-electron chi connectivity index (χ1n) is 6.14. The lowest BCUT2D eigenvalue weighted by atomic mass is 9.94. The van der Waals surface area contributed by atoms with E-state index in [1.807, 2.05) is 6.92 Å². The van der Waals surface area contributed by atoms with Crippen LogP contribution in [0.15, 0.2) is 0 Å². The smallest absolute Gasteiger partial charge is 0.220 e. The molecule has 1 saturated heterocycles. The van der Waals surface area contributed by atoms with Gasteiger partial charge < -0.3 is 10.1 Å². The Hall–Kier alpha value is -0.610. The summed E-state index contributed by atoms with van der Waals surface area (Å²) >= 11 is 0. The van der Waals surface area contributed by atoms with Gasteiger partial charge >= 0.3 is 0 Å². The summed E-state index contributed by atoms with van der Waals surface area (Å²) in [5.74, 6) is 0.757. The van der Waals surface area contributed by atoms with E-state index in [0.29, 0.717) is 18.9 Å². The van der Waals surface area contributed by atoms with E-state index >= 15 is 0 Å². The Bertz CT molecular complexity index is 203. The third-order valence-corrected chi connectivity index (χ3v) is 2.92. The van der Waals surface area contributed by atoms with Gasteiger partial charge in [0.25, 0.3) is 0 Å². The standard InChI is InChI=1S/C12H23N2O2/c1-10(9-16-2)14-12(15)6-5-11-4-3-7-13-8-11/h10-11H,3-9H2,1-2H3,(H,14,15). The summed E-state index contributed by atoms with van der Waals surface area (Å²) in [5, 5.41) is 7.30. The number of carbonyl (C=O) groups excluding carboxylic acids is 1. The SMILES string of the molecule is COCC(C)NC(=O)CCC1CCC[N]C1. The molecule has 4 heteroatoms. The van der Waals surface area contributed by atoms with Gasteiger partial charge in [-0.05, 0) is 32.1 Å². The van der Waals surface area contributed by atoms with Gasteiger partial charge in [-0.1, -0.05) is 0 Å². The summed E-state index contributed by atoms with van der Waals surface area (Å²) in [6.45, 7) is 4.48. The van der Waals surface area contributed by atoms with Gasteiger partial charge in [0.15, 0.2) is 0 Å². The molecule has 1 rings (SSSR count).